The molecule has 0 saturated heterocycles. The van der Waals surface area contributed by atoms with Gasteiger partial charge in [0.25, 0.3) is 11.6 Å². The number of nitrogens with one attached hydrogen (secondary N) is 2. The number of amides is 1. The summed E-state index contributed by atoms with van der Waals surface area (Å²) in [4.78, 5) is 22.5. The Hall–Kier alpha value is -3.82. The van der Waals surface area contributed by atoms with Crippen LogP contribution in [0.15, 0.2) is 41.5 Å². The van der Waals surface area contributed by atoms with Gasteiger partial charge < -0.3 is 19.5 Å². The van der Waals surface area contributed by atoms with E-state index >= 15 is 0 Å². The van der Waals surface area contributed by atoms with Crippen molar-refractivity contribution in [3.8, 4) is 17.2 Å². The second kappa shape index (κ2) is 9.76. The summed E-state index contributed by atoms with van der Waals surface area (Å²) in [5, 5.41) is 17.9. The largest absolute Gasteiger partial charge is 0.497 e. The molecule has 2 aromatic carbocycles. The average Bonchev–Trinajstić information content (AvgIpc) is 2.71. The summed E-state index contributed by atoms with van der Waals surface area (Å²) in [6.07, 6.45) is 1.17. The van der Waals surface area contributed by atoms with Gasteiger partial charge in [0.1, 0.15) is 5.75 Å². The Balaban J connectivity index is 2.00. The molecule has 0 atom stereocenters. The molecule has 0 bridgehead atoms. The first-order valence-corrected chi connectivity index (χ1v) is 8.08. The summed E-state index contributed by atoms with van der Waals surface area (Å²) in [6, 6.07) is 9.68. The summed E-state index contributed by atoms with van der Waals surface area (Å²) >= 11 is 0. The van der Waals surface area contributed by atoms with Crippen molar-refractivity contribution < 1.29 is 23.9 Å². The normalized spacial score (nSPS) is 10.4. The summed E-state index contributed by atoms with van der Waals surface area (Å²) < 4.78 is 15.2. The molecule has 0 fully saturated rings. The van der Waals surface area contributed by atoms with E-state index in [2.05, 4.69) is 15.8 Å². The highest BCUT2D eigenvalue weighted by atomic mass is 16.6. The monoisotopic (exact) mass is 388 g/mol. The Bertz CT molecular complexity index is 867. The number of rotatable bonds is 9. The fourth-order valence-corrected chi connectivity index (χ4v) is 2.25. The molecule has 0 aliphatic carbocycles. The van der Waals surface area contributed by atoms with E-state index in [-0.39, 0.29) is 23.5 Å². The molecule has 0 radical (unpaired) electrons. The van der Waals surface area contributed by atoms with Crippen LogP contribution in [0.1, 0.15) is 5.56 Å². The lowest BCUT2D eigenvalue weighted by molar-refractivity contribution is -0.385. The lowest BCUT2D eigenvalue weighted by atomic mass is 10.1. The SMILES string of the molecule is COc1ccc(NCC(=O)N/N=C\c2cc(OC)c(OC)cc2[N+](=O)[O-])cc1. The highest BCUT2D eigenvalue weighted by Crippen LogP contribution is 2.33. The molecule has 0 unspecified atom stereocenters. The zero-order valence-corrected chi connectivity index (χ0v) is 15.6. The number of hydrogen-bond donors (Lipinski definition) is 2. The Kier molecular flexibility index (Phi) is 7.14. The van der Waals surface area contributed by atoms with Crippen LogP contribution < -0.4 is 25.0 Å². The van der Waals surface area contributed by atoms with Gasteiger partial charge in [0.15, 0.2) is 11.5 Å². The van der Waals surface area contributed by atoms with Crippen molar-refractivity contribution >= 4 is 23.5 Å². The van der Waals surface area contributed by atoms with Crippen LogP contribution in [-0.2, 0) is 4.79 Å². The van der Waals surface area contributed by atoms with E-state index in [1.165, 1.54) is 32.6 Å². The fourth-order valence-electron chi connectivity index (χ4n) is 2.25. The van der Waals surface area contributed by atoms with E-state index < -0.39 is 10.8 Å². The number of hydrogen-bond acceptors (Lipinski definition) is 8. The number of hydrazone groups is 1. The molecule has 0 spiro atoms. The number of benzene rings is 2. The third kappa shape index (κ3) is 5.34. The molecular formula is C18H20N4O6. The molecule has 2 aromatic rings. The standard InChI is InChI=1S/C18H20N4O6/c1-26-14-6-4-13(5-7-14)19-11-18(23)21-20-10-12-8-16(27-2)17(28-3)9-15(12)22(24)25/h4-10,19H,11H2,1-3H3,(H,21,23)/b20-10-. The Labute approximate surface area is 161 Å². The van der Waals surface area contributed by atoms with Crippen molar-refractivity contribution in [1.29, 1.82) is 0 Å². The van der Waals surface area contributed by atoms with Crippen LogP contribution in [0.3, 0.4) is 0 Å². The van der Waals surface area contributed by atoms with Crippen molar-refractivity contribution in [3.05, 3.63) is 52.1 Å². The number of carbonyl (C=O) groups is 1. The molecule has 10 nitrogen and oxygen atoms in total. The van der Waals surface area contributed by atoms with E-state index in [1.54, 1.807) is 31.4 Å². The molecule has 148 valence electrons. The first kappa shape index (κ1) is 20.5. The van der Waals surface area contributed by atoms with Gasteiger partial charge >= 0.3 is 0 Å². The summed E-state index contributed by atoms with van der Waals surface area (Å²) in [6.45, 7) is -0.0301. The predicted molar refractivity (Wildman–Crippen MR) is 103 cm³/mol. The molecule has 2 N–H and O–H groups in total. The maximum Gasteiger partial charge on any atom is 0.282 e. The van der Waals surface area contributed by atoms with E-state index in [1.807, 2.05) is 0 Å². The minimum Gasteiger partial charge on any atom is -0.497 e. The van der Waals surface area contributed by atoms with Crippen LogP contribution in [-0.4, -0.2) is 44.9 Å². The lowest BCUT2D eigenvalue weighted by Crippen LogP contribution is -2.25. The van der Waals surface area contributed by atoms with Gasteiger partial charge in [-0.3, -0.25) is 14.9 Å². The number of nitrogens with zero attached hydrogens (tertiary/aromatic N) is 2. The van der Waals surface area contributed by atoms with Crippen molar-refractivity contribution in [2.45, 2.75) is 0 Å². The lowest BCUT2D eigenvalue weighted by Gasteiger charge is -2.08. The van der Waals surface area contributed by atoms with E-state index in [0.29, 0.717) is 11.5 Å². The Morgan fingerprint density at radius 1 is 1.11 bits per heavy atom. The predicted octanol–water partition coefficient (Wildman–Crippen LogP) is 2.18. The van der Waals surface area contributed by atoms with Crippen LogP contribution in [0.5, 0.6) is 17.2 Å². The van der Waals surface area contributed by atoms with E-state index in [4.69, 9.17) is 14.2 Å². The van der Waals surface area contributed by atoms with Crippen molar-refractivity contribution in [2.75, 3.05) is 33.2 Å². The number of methoxy groups -OCH3 is 3. The molecule has 28 heavy (non-hydrogen) atoms. The minimum absolute atomic E-state index is 0.0301. The van der Waals surface area contributed by atoms with Crippen LogP contribution in [0.2, 0.25) is 0 Å². The van der Waals surface area contributed by atoms with Crippen molar-refractivity contribution in [2.24, 2.45) is 5.10 Å². The third-order valence-corrected chi connectivity index (χ3v) is 3.67. The van der Waals surface area contributed by atoms with Gasteiger partial charge in [0.2, 0.25) is 0 Å². The highest BCUT2D eigenvalue weighted by molar-refractivity contribution is 5.88. The number of nitro benzene ring substituents is 1. The molecule has 0 aliphatic heterocycles. The topological polar surface area (TPSA) is 124 Å². The minimum atomic E-state index is -0.573. The van der Waals surface area contributed by atoms with Crippen molar-refractivity contribution in [1.82, 2.24) is 5.43 Å². The second-order valence-electron chi connectivity index (χ2n) is 5.40. The quantitative estimate of drug-likeness (QED) is 0.383. The summed E-state index contributed by atoms with van der Waals surface area (Å²) in [5.41, 5.74) is 2.97. The molecular weight excluding hydrogens is 368 g/mol. The van der Waals surface area contributed by atoms with Crippen LogP contribution in [0.25, 0.3) is 0 Å². The van der Waals surface area contributed by atoms with Gasteiger partial charge in [-0.2, -0.15) is 5.10 Å². The molecule has 1 amide bonds. The highest BCUT2D eigenvalue weighted by Gasteiger charge is 2.18. The smallest absolute Gasteiger partial charge is 0.282 e. The second-order valence-corrected chi connectivity index (χ2v) is 5.40. The molecule has 0 heterocycles. The summed E-state index contributed by atoms with van der Waals surface area (Å²) in [7, 11) is 4.36. The molecule has 0 saturated carbocycles. The van der Waals surface area contributed by atoms with E-state index in [9.17, 15) is 14.9 Å². The van der Waals surface area contributed by atoms with Crippen LogP contribution >= 0.6 is 0 Å². The fraction of sp³-hybridized carbons (Fsp3) is 0.222. The number of anilines is 1. The Morgan fingerprint density at radius 3 is 2.32 bits per heavy atom. The average molecular weight is 388 g/mol. The van der Waals surface area contributed by atoms with Gasteiger partial charge in [-0.05, 0) is 30.3 Å². The van der Waals surface area contributed by atoms with Gasteiger partial charge in [-0.1, -0.05) is 0 Å². The van der Waals surface area contributed by atoms with Gasteiger partial charge in [-0.15, -0.1) is 0 Å². The van der Waals surface area contributed by atoms with Gasteiger partial charge in [0, 0.05) is 5.69 Å². The number of ether oxygens (including phenoxy) is 3. The number of nitro groups is 1. The van der Waals surface area contributed by atoms with Crippen LogP contribution in [0.4, 0.5) is 11.4 Å². The van der Waals surface area contributed by atoms with Gasteiger partial charge in [0.05, 0.1) is 50.6 Å². The van der Waals surface area contributed by atoms with E-state index in [0.717, 1.165) is 5.69 Å². The molecule has 0 aromatic heterocycles. The zero-order chi connectivity index (χ0) is 20.5. The number of carbonyl (C=O) groups excluding carboxylic acids is 1. The third-order valence-electron chi connectivity index (χ3n) is 3.67. The zero-order valence-electron chi connectivity index (χ0n) is 15.6. The van der Waals surface area contributed by atoms with Gasteiger partial charge in [-0.25, -0.2) is 5.43 Å². The maximum atomic E-state index is 11.9. The first-order chi connectivity index (χ1) is 13.5. The summed E-state index contributed by atoms with van der Waals surface area (Å²) in [5.74, 6) is 0.812. The Morgan fingerprint density at radius 2 is 1.75 bits per heavy atom. The first-order valence-electron chi connectivity index (χ1n) is 8.08. The van der Waals surface area contributed by atoms with Crippen LogP contribution in [0, 0.1) is 10.1 Å². The molecule has 0 aliphatic rings. The van der Waals surface area contributed by atoms with Crippen molar-refractivity contribution in [3.63, 3.8) is 0 Å². The molecule has 2 rings (SSSR count). The maximum absolute atomic E-state index is 11.9. The molecule has 10 heteroatoms.